The van der Waals surface area contributed by atoms with Crippen molar-refractivity contribution in [1.29, 1.82) is 0 Å². The predicted molar refractivity (Wildman–Crippen MR) is 108 cm³/mol. The van der Waals surface area contributed by atoms with Crippen LogP contribution in [-0.4, -0.2) is 48.1 Å². The van der Waals surface area contributed by atoms with Crippen molar-refractivity contribution >= 4 is 0 Å². The number of nitrogens with one attached hydrogen (secondary N) is 1. The quantitative estimate of drug-likeness (QED) is 0.711. The number of aromatic nitrogens is 5. The molecule has 1 saturated heterocycles. The Kier molecular flexibility index (Phi) is 5.03. The predicted octanol–water partition coefficient (Wildman–Crippen LogP) is 3.12. The third-order valence-corrected chi connectivity index (χ3v) is 5.45. The van der Waals surface area contributed by atoms with Crippen molar-refractivity contribution in [2.45, 2.75) is 45.3 Å². The monoisotopic (exact) mass is 380 g/mol. The normalized spacial score (nSPS) is 18.9. The molecule has 0 bridgehead atoms. The van der Waals surface area contributed by atoms with Gasteiger partial charge in [0.25, 0.3) is 0 Å². The molecule has 7 nitrogen and oxygen atoms in total. The summed E-state index contributed by atoms with van der Waals surface area (Å²) in [6, 6.07) is 8.20. The fraction of sp³-hybridized carbons (Fsp3) is 0.476. The molecule has 28 heavy (non-hydrogen) atoms. The summed E-state index contributed by atoms with van der Waals surface area (Å²) in [5, 5.41) is 22.6. The molecule has 0 radical (unpaired) electrons. The Hall–Kier alpha value is -2.51. The van der Waals surface area contributed by atoms with E-state index in [1.54, 1.807) is 0 Å². The molecule has 0 amide bonds. The van der Waals surface area contributed by atoms with Gasteiger partial charge in [0.2, 0.25) is 0 Å². The number of nitrogens with zero attached hydrogens (tertiary/aromatic N) is 5. The highest BCUT2D eigenvalue weighted by Gasteiger charge is 2.31. The first-order chi connectivity index (χ1) is 13.4. The van der Waals surface area contributed by atoms with Crippen molar-refractivity contribution in [1.82, 2.24) is 29.9 Å². The summed E-state index contributed by atoms with van der Waals surface area (Å²) in [5.74, 6) is 0.634. The zero-order valence-electron chi connectivity index (χ0n) is 16.9. The van der Waals surface area contributed by atoms with Crippen molar-refractivity contribution < 1.29 is 5.11 Å². The van der Waals surface area contributed by atoms with Crippen molar-refractivity contribution in [3.05, 3.63) is 53.2 Å². The Balaban J connectivity index is 1.51. The van der Waals surface area contributed by atoms with Gasteiger partial charge in [-0.1, -0.05) is 13.8 Å². The molecule has 2 atom stereocenters. The van der Waals surface area contributed by atoms with Crippen LogP contribution in [0.2, 0.25) is 0 Å². The van der Waals surface area contributed by atoms with Gasteiger partial charge in [-0.25, -0.2) is 0 Å². The number of hydrogen-bond acceptors (Lipinski definition) is 5. The van der Waals surface area contributed by atoms with Crippen LogP contribution in [0.4, 0.5) is 0 Å². The Morgan fingerprint density at radius 1 is 1.25 bits per heavy atom. The minimum atomic E-state index is -0.662. The first-order valence-corrected chi connectivity index (χ1v) is 9.86. The molecule has 1 aliphatic rings. The summed E-state index contributed by atoms with van der Waals surface area (Å²) >= 11 is 0. The molecule has 3 aromatic rings. The van der Waals surface area contributed by atoms with E-state index in [-0.39, 0.29) is 0 Å². The van der Waals surface area contributed by atoms with E-state index in [4.69, 9.17) is 4.98 Å². The molecule has 7 heteroatoms. The summed E-state index contributed by atoms with van der Waals surface area (Å²) in [4.78, 5) is 6.87. The molecule has 148 valence electrons. The van der Waals surface area contributed by atoms with Crippen LogP contribution in [0.25, 0.3) is 11.3 Å². The molecule has 1 aliphatic heterocycles. The van der Waals surface area contributed by atoms with Gasteiger partial charge in [0.1, 0.15) is 6.23 Å². The molecule has 0 aromatic carbocycles. The molecular formula is C21H28N6O. The fourth-order valence-electron chi connectivity index (χ4n) is 3.85. The summed E-state index contributed by atoms with van der Waals surface area (Å²) in [6.45, 7) is 7.82. The van der Waals surface area contributed by atoms with E-state index >= 15 is 0 Å². The lowest BCUT2D eigenvalue weighted by molar-refractivity contribution is 0.0145. The average Bonchev–Trinajstić information content (AvgIpc) is 3.40. The Morgan fingerprint density at radius 3 is 2.75 bits per heavy atom. The highest BCUT2D eigenvalue weighted by atomic mass is 16.3. The Labute approximate surface area is 165 Å². The lowest BCUT2D eigenvalue weighted by Crippen LogP contribution is -2.26. The lowest BCUT2D eigenvalue weighted by atomic mass is 10.0. The van der Waals surface area contributed by atoms with Crippen LogP contribution in [0.15, 0.2) is 30.5 Å². The second kappa shape index (κ2) is 7.48. The molecular weight excluding hydrogens is 352 g/mol. The fourth-order valence-corrected chi connectivity index (χ4v) is 3.85. The van der Waals surface area contributed by atoms with E-state index in [1.165, 1.54) is 0 Å². The number of likely N-dealkylation sites (tertiary alicyclic amines) is 1. The van der Waals surface area contributed by atoms with Crippen LogP contribution in [0.1, 0.15) is 61.1 Å². The number of aliphatic hydroxyl groups is 1. The maximum Gasteiger partial charge on any atom is 0.150 e. The number of H-pyrrole nitrogens is 1. The van der Waals surface area contributed by atoms with Gasteiger partial charge in [-0.05, 0) is 43.5 Å². The van der Waals surface area contributed by atoms with Crippen molar-refractivity contribution in [3.8, 4) is 11.3 Å². The molecule has 4 rings (SSSR count). The Morgan fingerprint density at radius 2 is 2.07 bits per heavy atom. The van der Waals surface area contributed by atoms with Gasteiger partial charge in [0.05, 0.1) is 17.1 Å². The molecule has 3 aromatic heterocycles. The number of aromatic amines is 1. The van der Waals surface area contributed by atoms with E-state index in [0.717, 1.165) is 53.5 Å². The van der Waals surface area contributed by atoms with Gasteiger partial charge in [-0.15, -0.1) is 0 Å². The third kappa shape index (κ3) is 3.72. The Bertz CT molecular complexity index is 959. The minimum Gasteiger partial charge on any atom is -0.372 e. The zero-order chi connectivity index (χ0) is 19.8. The van der Waals surface area contributed by atoms with Gasteiger partial charge in [0.15, 0.2) is 0 Å². The van der Waals surface area contributed by atoms with Crippen LogP contribution < -0.4 is 0 Å². The van der Waals surface area contributed by atoms with Crippen molar-refractivity contribution in [2.24, 2.45) is 7.05 Å². The van der Waals surface area contributed by atoms with E-state index in [0.29, 0.717) is 11.8 Å². The van der Waals surface area contributed by atoms with Crippen LogP contribution in [0.3, 0.4) is 0 Å². The van der Waals surface area contributed by atoms with Crippen molar-refractivity contribution in [2.75, 3.05) is 13.1 Å². The van der Waals surface area contributed by atoms with E-state index in [1.807, 2.05) is 37.0 Å². The van der Waals surface area contributed by atoms with Crippen LogP contribution in [0.5, 0.6) is 0 Å². The second-order valence-corrected chi connectivity index (χ2v) is 8.05. The zero-order valence-corrected chi connectivity index (χ0v) is 16.9. The number of pyridine rings is 1. The highest BCUT2D eigenvalue weighted by molar-refractivity contribution is 5.59. The van der Waals surface area contributed by atoms with Crippen LogP contribution in [-0.2, 0) is 7.05 Å². The van der Waals surface area contributed by atoms with Crippen molar-refractivity contribution in [3.63, 3.8) is 0 Å². The van der Waals surface area contributed by atoms with Gasteiger partial charge >= 0.3 is 0 Å². The number of hydrogen-bond donors (Lipinski definition) is 2. The summed E-state index contributed by atoms with van der Waals surface area (Å²) in [6.07, 6.45) is 2.26. The van der Waals surface area contributed by atoms with E-state index in [9.17, 15) is 5.11 Å². The maximum absolute atomic E-state index is 10.8. The minimum absolute atomic E-state index is 0.296. The van der Waals surface area contributed by atoms with Gasteiger partial charge in [0, 0.05) is 49.2 Å². The molecule has 0 spiro atoms. The maximum atomic E-state index is 10.8. The molecule has 4 heterocycles. The third-order valence-electron chi connectivity index (χ3n) is 5.45. The molecule has 2 unspecified atom stereocenters. The number of aryl methyl sites for hydroxylation is 2. The lowest BCUT2D eigenvalue weighted by Gasteiger charge is -2.21. The average molecular weight is 380 g/mol. The number of aliphatic hydroxyl groups excluding tert-OH is 1. The molecule has 2 N–H and O–H groups in total. The van der Waals surface area contributed by atoms with Gasteiger partial charge in [-0.3, -0.25) is 19.7 Å². The largest absolute Gasteiger partial charge is 0.372 e. The summed E-state index contributed by atoms with van der Waals surface area (Å²) < 4.78 is 1.81. The van der Waals surface area contributed by atoms with Gasteiger partial charge in [-0.2, -0.15) is 10.2 Å². The van der Waals surface area contributed by atoms with E-state index < -0.39 is 6.23 Å². The topological polar surface area (TPSA) is 82.9 Å². The van der Waals surface area contributed by atoms with E-state index in [2.05, 4.69) is 46.2 Å². The van der Waals surface area contributed by atoms with Crippen LogP contribution >= 0.6 is 0 Å². The smallest absolute Gasteiger partial charge is 0.150 e. The SMILES string of the molecule is Cc1cc(-c2ccn(C)n2)cc(C2CCN(C(O)c3cc(C(C)C)n[nH]3)C2)n1. The van der Waals surface area contributed by atoms with Gasteiger partial charge < -0.3 is 5.11 Å². The molecule has 0 aliphatic carbocycles. The first-order valence-electron chi connectivity index (χ1n) is 9.86. The first kappa shape index (κ1) is 18.8. The van der Waals surface area contributed by atoms with Crippen LogP contribution in [0, 0.1) is 6.92 Å². The summed E-state index contributed by atoms with van der Waals surface area (Å²) in [5.41, 5.74) is 5.86. The summed E-state index contributed by atoms with van der Waals surface area (Å²) in [7, 11) is 1.93. The molecule has 0 saturated carbocycles. The standard InChI is InChI=1S/C21H28N6O/c1-13(2)18-11-20(24-23-18)21(28)27-8-5-15(12-27)19-10-16(9-14(3)22-19)17-6-7-26(4)25-17/h6-7,9-11,13,15,21,28H,5,8,12H2,1-4H3,(H,23,24). The highest BCUT2D eigenvalue weighted by Crippen LogP contribution is 2.33. The number of rotatable bonds is 5. The molecule has 1 fully saturated rings. The second-order valence-electron chi connectivity index (χ2n) is 8.05.